The van der Waals surface area contributed by atoms with Crippen LogP contribution in [0.3, 0.4) is 0 Å². The van der Waals surface area contributed by atoms with Gasteiger partial charge in [0.1, 0.15) is 96.0 Å². The molecule has 20 N–H and O–H groups in total. The number of aliphatic hydroxyl groups excluding tert-OH is 6. The lowest BCUT2D eigenvalue weighted by atomic mass is 9.84. The van der Waals surface area contributed by atoms with E-state index in [0.29, 0.717) is 0 Å². The molecule has 13 rings (SSSR count). The van der Waals surface area contributed by atoms with Crippen molar-refractivity contribution in [2.24, 2.45) is 11.7 Å². The second kappa shape index (κ2) is 37.5. The Balaban J connectivity index is 1.09. The zero-order chi connectivity index (χ0) is 83.9. The number of phenolic OH excluding ortho intramolecular Hbond substituents is 3. The number of phenols is 3. The molecule has 0 aliphatic carbocycles. The molecule has 0 spiro atoms. The van der Waals surface area contributed by atoms with Gasteiger partial charge in [-0.1, -0.05) is 87.9 Å². The lowest BCUT2D eigenvalue weighted by Gasteiger charge is -2.48. The van der Waals surface area contributed by atoms with Gasteiger partial charge < -0.3 is 128 Å². The second-order valence-corrected chi connectivity index (χ2v) is 31.0. The zero-order valence-corrected chi connectivity index (χ0v) is 65.7. The van der Waals surface area contributed by atoms with Crippen molar-refractivity contribution in [3.8, 4) is 57.1 Å². The number of primary amides is 1. The number of carboxylic acid groups (broad SMARTS) is 1. The number of pyridine rings is 1. The number of aryl methyl sites for hydroxylation is 1. The third kappa shape index (κ3) is 19.8. The van der Waals surface area contributed by atoms with Crippen molar-refractivity contribution in [1.29, 1.82) is 0 Å². The molecular formula is C80H97Cl2N10O24+. The number of ether oxygens (including phenoxy) is 6. The van der Waals surface area contributed by atoms with Crippen molar-refractivity contribution in [2.45, 2.75) is 215 Å². The van der Waals surface area contributed by atoms with Crippen LogP contribution < -0.4 is 67.0 Å². The quantitative estimate of drug-likeness (QED) is 0.0322. The molecular weight excluding hydrogens is 1560 g/mol. The van der Waals surface area contributed by atoms with Crippen LogP contribution in [0.25, 0.3) is 11.1 Å². The van der Waals surface area contributed by atoms with Gasteiger partial charge >= 0.3 is 5.97 Å². The van der Waals surface area contributed by atoms with E-state index in [-0.39, 0.29) is 52.8 Å². The molecule has 1 aromatic heterocycles. The zero-order valence-electron chi connectivity index (χ0n) is 64.2. The van der Waals surface area contributed by atoms with Gasteiger partial charge in [0.25, 0.3) is 0 Å². The number of halogens is 2. The fourth-order valence-corrected chi connectivity index (χ4v) is 15.2. The summed E-state index contributed by atoms with van der Waals surface area (Å²) in [5.41, 5.74) is 2.65. The van der Waals surface area contributed by atoms with Crippen LogP contribution >= 0.6 is 23.2 Å². The van der Waals surface area contributed by atoms with Crippen LogP contribution in [0.4, 0.5) is 0 Å². The molecule has 8 heterocycles. The minimum absolute atomic E-state index is 0.102. The highest BCUT2D eigenvalue weighted by Crippen LogP contribution is 2.50. The number of aromatic hydroxyl groups is 3. The van der Waals surface area contributed by atoms with Crippen LogP contribution in [-0.2, 0) is 65.7 Å². The second-order valence-electron chi connectivity index (χ2n) is 30.2. The van der Waals surface area contributed by atoms with Crippen LogP contribution in [0.2, 0.25) is 10.0 Å². The predicted octanol–water partition coefficient (Wildman–Crippen LogP) is 3.59. The molecule has 7 aliphatic rings. The first-order valence-corrected chi connectivity index (χ1v) is 38.8. The summed E-state index contributed by atoms with van der Waals surface area (Å²) in [4.78, 5) is 118. The highest BCUT2D eigenvalue weighted by molar-refractivity contribution is 6.32. The van der Waals surface area contributed by atoms with Crippen LogP contribution in [0, 0.1) is 5.92 Å². The average Bonchev–Trinajstić information content (AvgIpc) is 0.766. The van der Waals surface area contributed by atoms with Crippen LogP contribution in [0.1, 0.15) is 156 Å². The molecule has 7 amide bonds. The number of benzene rings is 5. The van der Waals surface area contributed by atoms with E-state index in [2.05, 4.69) is 54.0 Å². The van der Waals surface area contributed by atoms with E-state index in [4.69, 9.17) is 57.4 Å². The molecule has 6 aromatic rings. The summed E-state index contributed by atoms with van der Waals surface area (Å²) in [7, 11) is 1.48. The van der Waals surface area contributed by atoms with Crippen molar-refractivity contribution < 1.29 is 122 Å². The summed E-state index contributed by atoms with van der Waals surface area (Å²) in [6.07, 6.45) is -7.67. The van der Waals surface area contributed by atoms with Gasteiger partial charge in [-0.05, 0) is 122 Å². The fraction of sp³-hybridized carbons (Fsp3) is 0.463. The van der Waals surface area contributed by atoms with Gasteiger partial charge in [-0.3, -0.25) is 33.6 Å². The number of unbranched alkanes of at least 4 members (excludes halogenated alkanes) is 5. The number of aromatic nitrogens is 1. The molecule has 5 aromatic carbocycles. The summed E-state index contributed by atoms with van der Waals surface area (Å²) >= 11 is 14.3. The smallest absolute Gasteiger partial charge is 0.330 e. The standard InChI is InChI=1S/C80H96Cl2N10O24/c1-7-8-9-10-11-12-21-92-22-19-38(20-23-92)34-85-80(5)33-58(111-37(4)71(80)102)115-70-68(101)67(100)56(35-93)114-79(70)116-69-54-28-42-29-55(69)113-53-18-15-41(27-47(53)82)66(99)64-77(108)89-62(78(109)110)45-30-43(94)31-51(96)59(45)44-25-39(13-16-50(44)95)60(74(105)91-64)88-75(106)61(42)87-73(104)49(32-57(83)97)86-76(107)63(90-72(103)48(84-6)24-36(2)3)65(98)40-14-17-52(112-54)46(81)26-40/h13-20,22-23,25-31,36-37,48-49,56,58,60-68,70-71,79,84-85,93,98-102H,7-12,21,24,32-35H2,1-6H3,(H11-,83,86,87,88,89,90,91,94,95,96,97,103,104,105,106,107,108,109,110)/p+1/t37-,48+,49-,56+,58-,60+,61+,62+,63+,64-,65+,66+,67+,68-,70+,71+,79-,80-/m0/s1. The maximum atomic E-state index is 16.2. The third-order valence-electron chi connectivity index (χ3n) is 21.2. The molecule has 2 saturated heterocycles. The molecule has 116 heavy (non-hydrogen) atoms. The van der Waals surface area contributed by atoms with Gasteiger partial charge in [-0.15, -0.1) is 0 Å². The molecule has 34 nitrogen and oxygen atoms in total. The Kier molecular flexibility index (Phi) is 28.0. The Morgan fingerprint density at radius 1 is 0.698 bits per heavy atom. The van der Waals surface area contributed by atoms with E-state index in [1.165, 1.54) is 32.0 Å². The van der Waals surface area contributed by atoms with Crippen molar-refractivity contribution in [1.82, 2.24) is 42.5 Å². The summed E-state index contributed by atoms with van der Waals surface area (Å²) in [5, 5.41) is 137. The highest BCUT2D eigenvalue weighted by atomic mass is 35.5. The SMILES string of the molecule is CCCCCCCC[n+]1ccc(CN[C@@]2(C)C[C@H](O[C@H]3[C@H](Oc4c5cc6cc4Oc4ccc(cc4Cl)[C@@H](O)[C@@H](NC(=O)[C@@H](CC(C)C)NC)C(=O)N[C@@H](CC(N)=O)C(=O)N[C@H]6C(=O)N[C@H]4C(=O)N[C@H](C(=O)N[C@@H](C(=O)O)c6cc(O)cc(O)c6-c6cc4ccc6O)[C@H](O)c4ccc(c(Cl)c4)O5)O[C@H](CO)[C@@H](O)[C@@H]3O)O[C@@H](C)[C@H]2O)cc1. The number of nitrogens with zero attached hydrogens (tertiary/aromatic N) is 1. The number of rotatable bonds is 23. The van der Waals surface area contributed by atoms with E-state index in [0.717, 1.165) is 105 Å². The Morgan fingerprint density at radius 3 is 1.94 bits per heavy atom. The predicted molar refractivity (Wildman–Crippen MR) is 412 cm³/mol. The van der Waals surface area contributed by atoms with E-state index in [1.807, 2.05) is 38.4 Å². The van der Waals surface area contributed by atoms with Gasteiger partial charge in [-0.2, -0.15) is 0 Å². The van der Waals surface area contributed by atoms with Crippen LogP contribution in [0.5, 0.6) is 46.0 Å². The molecule has 0 radical (unpaired) electrons. The topological polar surface area (TPSA) is 520 Å². The molecule has 0 saturated carbocycles. The number of aliphatic carboxylic acids is 1. The lowest BCUT2D eigenvalue weighted by molar-refractivity contribution is -0.697. The van der Waals surface area contributed by atoms with Crippen molar-refractivity contribution >= 4 is 70.5 Å². The molecule has 36 heteroatoms. The lowest BCUT2D eigenvalue weighted by Crippen LogP contribution is -2.65. The number of carboxylic acids is 1. The van der Waals surface area contributed by atoms with Gasteiger partial charge in [0.05, 0.1) is 41.3 Å². The first-order chi connectivity index (χ1) is 55.2. The van der Waals surface area contributed by atoms with Crippen molar-refractivity contribution in [2.75, 3.05) is 13.7 Å². The number of carbonyl (C=O) groups excluding carboxylic acids is 7. The first kappa shape index (κ1) is 86.8. The van der Waals surface area contributed by atoms with Gasteiger partial charge in [0.15, 0.2) is 42.3 Å². The number of hydrogen-bond acceptors (Lipinski definition) is 25. The van der Waals surface area contributed by atoms with Crippen molar-refractivity contribution in [3.63, 3.8) is 0 Å². The van der Waals surface area contributed by atoms with E-state index < -0.39 is 237 Å². The Hall–Kier alpha value is -10.1. The third-order valence-corrected chi connectivity index (χ3v) is 21.8. The molecule has 18 atom stereocenters. The van der Waals surface area contributed by atoms with Gasteiger partial charge in [0.2, 0.25) is 53.4 Å². The molecule has 7 aliphatic heterocycles. The summed E-state index contributed by atoms with van der Waals surface area (Å²) in [5.74, 6) is -15.9. The molecule has 2 fully saturated rings. The number of hydrogen-bond donors (Lipinski definition) is 19. The fourth-order valence-electron chi connectivity index (χ4n) is 14.8. The number of aliphatic hydroxyl groups is 6. The first-order valence-electron chi connectivity index (χ1n) is 38.1. The monoisotopic (exact) mass is 1650 g/mol. The minimum Gasteiger partial charge on any atom is -0.508 e. The maximum Gasteiger partial charge on any atom is 0.330 e. The van der Waals surface area contributed by atoms with Crippen LogP contribution in [-0.4, -0.2) is 191 Å². The number of nitrogens with two attached hydrogens (primary N) is 1. The number of likely N-dealkylation sites (N-methyl/N-ethyl adjacent to an activating group) is 1. The largest absolute Gasteiger partial charge is 0.508 e. The Bertz CT molecular complexity index is 4640. The Labute approximate surface area is 676 Å². The molecule has 11 bridgehead atoms. The highest BCUT2D eigenvalue weighted by Gasteiger charge is 2.52. The number of fused-ring (bicyclic) bond motifs is 15. The maximum absolute atomic E-state index is 16.2. The molecule has 624 valence electrons. The molecule has 0 unspecified atom stereocenters. The summed E-state index contributed by atoms with van der Waals surface area (Å²) in [6.45, 7) is 9.27. The Morgan fingerprint density at radius 2 is 1.32 bits per heavy atom. The normalized spacial score (nSPS) is 27.1. The summed E-state index contributed by atoms with van der Waals surface area (Å²) < 4.78 is 41.6. The minimum atomic E-state index is -2.35. The number of amides is 7. The number of nitrogens with one attached hydrogen (secondary N) is 8. The van der Waals surface area contributed by atoms with Gasteiger partial charge in [-0.25, -0.2) is 9.36 Å². The average molecular weight is 1650 g/mol. The van der Waals surface area contributed by atoms with Gasteiger partial charge in [0, 0.05) is 59.8 Å². The van der Waals surface area contributed by atoms with E-state index in [9.17, 15) is 75.0 Å². The van der Waals surface area contributed by atoms with Crippen molar-refractivity contribution in [3.05, 3.63) is 147 Å². The summed E-state index contributed by atoms with van der Waals surface area (Å²) in [6, 6.07) is 3.41. The van der Waals surface area contributed by atoms with Crippen LogP contribution in [0.15, 0.2) is 103 Å². The van der Waals surface area contributed by atoms with E-state index in [1.54, 1.807) is 13.8 Å². The van der Waals surface area contributed by atoms with E-state index >= 15 is 14.4 Å². The number of carbonyl (C=O) groups is 8.